The third-order valence-corrected chi connectivity index (χ3v) is 5.49. The number of hydrogen-bond acceptors (Lipinski definition) is 6. The van der Waals surface area contributed by atoms with Gasteiger partial charge in [0.05, 0.1) is 0 Å². The van der Waals surface area contributed by atoms with E-state index < -0.39 is 18.3 Å². The molecule has 1 N–H and O–H groups in total. The molecule has 2 fully saturated rings. The molecule has 2 aliphatic carbocycles. The quantitative estimate of drug-likeness (QED) is 0.685. The first-order valence-electron chi connectivity index (χ1n) is 10.2. The van der Waals surface area contributed by atoms with Crippen LogP contribution in [0.5, 0.6) is 5.75 Å². The summed E-state index contributed by atoms with van der Waals surface area (Å²) in [6.07, 6.45) is 6.23. The van der Waals surface area contributed by atoms with Gasteiger partial charge in [0.15, 0.2) is 5.82 Å². The van der Waals surface area contributed by atoms with E-state index in [9.17, 15) is 9.18 Å². The van der Waals surface area contributed by atoms with Crippen LogP contribution in [-0.2, 0) is 5.54 Å². The van der Waals surface area contributed by atoms with E-state index >= 15 is 0 Å². The van der Waals surface area contributed by atoms with Crippen LogP contribution in [0.2, 0.25) is 0 Å². The number of nitrogens with zero attached hydrogens (tertiary/aromatic N) is 3. The maximum absolute atomic E-state index is 13.1. The van der Waals surface area contributed by atoms with Crippen LogP contribution in [0.25, 0.3) is 0 Å². The molecule has 1 amide bonds. The highest BCUT2D eigenvalue weighted by atomic mass is 19.1. The second-order valence-electron chi connectivity index (χ2n) is 8.54. The predicted octanol–water partition coefficient (Wildman–Crippen LogP) is 3.83. The van der Waals surface area contributed by atoms with Gasteiger partial charge in [-0.1, -0.05) is 18.0 Å². The standard InChI is InChI=1S/C21H27FN4O3/c1-12(10-22)28-18-8-17(23-11-16(18)15-6-7-15)19(27)25-21(3,9-14-4-5-14)20-24-13(2)29-26-20/h8,11-12,14-15H,4-7,9-10H2,1-3H3,(H,25,27)/t12-,21+/m0/s1. The van der Waals surface area contributed by atoms with Gasteiger partial charge in [-0.15, -0.1) is 0 Å². The van der Waals surface area contributed by atoms with E-state index in [1.165, 1.54) is 0 Å². The SMILES string of the molecule is Cc1nc([C@@](C)(CC2CC2)NC(=O)c2cc(O[C@@H](C)CF)c(C3CC3)cn2)no1. The highest BCUT2D eigenvalue weighted by Gasteiger charge is 2.40. The minimum absolute atomic E-state index is 0.234. The van der Waals surface area contributed by atoms with Gasteiger partial charge in [-0.2, -0.15) is 4.98 Å². The van der Waals surface area contributed by atoms with Crippen molar-refractivity contribution in [1.29, 1.82) is 0 Å². The molecule has 156 valence electrons. The fourth-order valence-corrected chi connectivity index (χ4v) is 3.56. The molecule has 2 aliphatic rings. The monoisotopic (exact) mass is 402 g/mol. The first-order chi connectivity index (χ1) is 13.9. The number of rotatable bonds is 9. The summed E-state index contributed by atoms with van der Waals surface area (Å²) in [4.78, 5) is 21.8. The lowest BCUT2D eigenvalue weighted by Crippen LogP contribution is -2.45. The molecule has 0 radical (unpaired) electrons. The van der Waals surface area contributed by atoms with Crippen molar-refractivity contribution in [2.75, 3.05) is 6.67 Å². The molecular weight excluding hydrogens is 375 g/mol. The number of hydrogen-bond donors (Lipinski definition) is 1. The van der Waals surface area contributed by atoms with Crippen LogP contribution in [0.4, 0.5) is 4.39 Å². The number of aryl methyl sites for hydroxylation is 1. The molecule has 0 aromatic carbocycles. The van der Waals surface area contributed by atoms with Gasteiger partial charge in [0.1, 0.15) is 29.8 Å². The van der Waals surface area contributed by atoms with Crippen LogP contribution < -0.4 is 10.1 Å². The summed E-state index contributed by atoms with van der Waals surface area (Å²) in [6, 6.07) is 1.62. The van der Waals surface area contributed by atoms with Gasteiger partial charge in [0, 0.05) is 24.8 Å². The zero-order valence-corrected chi connectivity index (χ0v) is 17.1. The Morgan fingerprint density at radius 1 is 1.41 bits per heavy atom. The predicted molar refractivity (Wildman–Crippen MR) is 103 cm³/mol. The number of pyridine rings is 1. The fraction of sp³-hybridized carbons (Fsp3) is 0.619. The molecule has 0 aliphatic heterocycles. The Morgan fingerprint density at radius 2 is 2.17 bits per heavy atom. The van der Waals surface area contributed by atoms with Crippen LogP contribution in [0.15, 0.2) is 16.8 Å². The van der Waals surface area contributed by atoms with E-state index in [0.29, 0.717) is 29.3 Å². The molecule has 7 nitrogen and oxygen atoms in total. The number of aromatic nitrogens is 3. The molecule has 29 heavy (non-hydrogen) atoms. The molecule has 0 saturated heterocycles. The topological polar surface area (TPSA) is 90.1 Å². The number of ether oxygens (including phenoxy) is 1. The van der Waals surface area contributed by atoms with Gasteiger partial charge < -0.3 is 14.6 Å². The molecule has 2 atom stereocenters. The number of alkyl halides is 1. The summed E-state index contributed by atoms with van der Waals surface area (Å²) in [5.74, 6) is 2.04. The van der Waals surface area contributed by atoms with Gasteiger partial charge in [-0.3, -0.25) is 9.78 Å². The lowest BCUT2D eigenvalue weighted by molar-refractivity contribution is 0.0883. The number of amides is 1. The fourth-order valence-electron chi connectivity index (χ4n) is 3.56. The van der Waals surface area contributed by atoms with Crippen LogP contribution >= 0.6 is 0 Å². The normalized spacial score (nSPS) is 19.4. The van der Waals surface area contributed by atoms with Gasteiger partial charge in [-0.25, -0.2) is 4.39 Å². The van der Waals surface area contributed by atoms with Gasteiger partial charge in [-0.05, 0) is 44.9 Å². The average molecular weight is 402 g/mol. The maximum Gasteiger partial charge on any atom is 0.270 e. The molecular formula is C21H27FN4O3. The van der Waals surface area contributed by atoms with Crippen molar-refractivity contribution < 1.29 is 18.4 Å². The first-order valence-corrected chi connectivity index (χ1v) is 10.2. The largest absolute Gasteiger partial charge is 0.488 e. The minimum atomic E-state index is -0.750. The van der Waals surface area contributed by atoms with Crippen molar-refractivity contribution in [2.24, 2.45) is 5.92 Å². The van der Waals surface area contributed by atoms with Crippen LogP contribution in [0, 0.1) is 12.8 Å². The zero-order chi connectivity index (χ0) is 20.6. The van der Waals surface area contributed by atoms with Gasteiger partial charge in [0.25, 0.3) is 5.91 Å². The minimum Gasteiger partial charge on any atom is -0.488 e. The van der Waals surface area contributed by atoms with Crippen LogP contribution in [-0.4, -0.2) is 33.8 Å². The molecule has 2 aromatic rings. The Bertz CT molecular complexity index is 894. The highest BCUT2D eigenvalue weighted by molar-refractivity contribution is 5.93. The Kier molecular flexibility index (Phi) is 5.27. The summed E-state index contributed by atoms with van der Waals surface area (Å²) in [7, 11) is 0. The number of nitrogens with one attached hydrogen (secondary N) is 1. The third kappa shape index (κ3) is 4.57. The van der Waals surface area contributed by atoms with Crippen LogP contribution in [0.1, 0.15) is 79.6 Å². The van der Waals surface area contributed by atoms with E-state index in [4.69, 9.17) is 9.26 Å². The number of halogens is 1. The molecule has 0 bridgehead atoms. The Morgan fingerprint density at radius 3 is 2.76 bits per heavy atom. The Balaban J connectivity index is 1.58. The third-order valence-electron chi connectivity index (χ3n) is 5.49. The van der Waals surface area contributed by atoms with Crippen molar-refractivity contribution in [3.8, 4) is 5.75 Å². The Hall–Kier alpha value is -2.51. The lowest BCUT2D eigenvalue weighted by Gasteiger charge is -2.27. The smallest absolute Gasteiger partial charge is 0.270 e. The molecule has 4 rings (SSSR count). The van der Waals surface area contributed by atoms with E-state index in [1.807, 2.05) is 6.92 Å². The average Bonchev–Trinajstić information content (AvgIpc) is 3.62. The molecule has 2 heterocycles. The molecule has 0 spiro atoms. The van der Waals surface area contributed by atoms with E-state index in [-0.39, 0.29) is 11.6 Å². The van der Waals surface area contributed by atoms with E-state index in [2.05, 4.69) is 20.4 Å². The van der Waals surface area contributed by atoms with Crippen LogP contribution in [0.3, 0.4) is 0 Å². The summed E-state index contributed by atoms with van der Waals surface area (Å²) < 4.78 is 23.9. The highest BCUT2D eigenvalue weighted by Crippen LogP contribution is 2.44. The summed E-state index contributed by atoms with van der Waals surface area (Å²) in [6.45, 7) is 4.71. The van der Waals surface area contributed by atoms with Gasteiger partial charge in [0.2, 0.25) is 5.89 Å². The first kappa shape index (κ1) is 19.8. The molecule has 8 heteroatoms. The molecule has 2 aromatic heterocycles. The summed E-state index contributed by atoms with van der Waals surface area (Å²) >= 11 is 0. The van der Waals surface area contributed by atoms with Crippen molar-refractivity contribution >= 4 is 5.91 Å². The Labute approximate surface area is 169 Å². The van der Waals surface area contributed by atoms with Gasteiger partial charge >= 0.3 is 0 Å². The zero-order valence-electron chi connectivity index (χ0n) is 17.1. The number of carbonyl (C=O) groups excluding carboxylic acids is 1. The van der Waals surface area contributed by atoms with Crippen molar-refractivity contribution in [3.63, 3.8) is 0 Å². The van der Waals surface area contributed by atoms with E-state index in [0.717, 1.165) is 37.7 Å². The van der Waals surface area contributed by atoms with E-state index in [1.54, 1.807) is 26.1 Å². The summed E-state index contributed by atoms with van der Waals surface area (Å²) in [5, 5.41) is 7.09. The van der Waals surface area contributed by atoms with Crippen molar-refractivity contribution in [3.05, 3.63) is 35.2 Å². The van der Waals surface area contributed by atoms with Crippen molar-refractivity contribution in [2.45, 2.75) is 70.4 Å². The second-order valence-corrected chi connectivity index (χ2v) is 8.54. The lowest BCUT2D eigenvalue weighted by atomic mass is 9.93. The maximum atomic E-state index is 13.1. The second kappa shape index (κ2) is 7.72. The number of carbonyl (C=O) groups is 1. The molecule has 0 unspecified atom stereocenters. The van der Waals surface area contributed by atoms with Crippen molar-refractivity contribution in [1.82, 2.24) is 20.4 Å². The molecule has 2 saturated carbocycles. The summed E-state index contributed by atoms with van der Waals surface area (Å²) in [5.41, 5.74) is 0.425.